The van der Waals surface area contributed by atoms with Crippen LogP contribution in [0.3, 0.4) is 0 Å². The Morgan fingerprint density at radius 1 is 1.23 bits per heavy atom. The lowest BCUT2D eigenvalue weighted by Crippen LogP contribution is -2.06. The molecule has 6 heteroatoms. The van der Waals surface area contributed by atoms with Crippen molar-refractivity contribution in [3.63, 3.8) is 0 Å². The number of nitrogens with zero attached hydrogens (tertiary/aromatic N) is 4. The molecule has 0 radical (unpaired) electrons. The fraction of sp³-hybridized carbons (Fsp3) is 0.312. The van der Waals surface area contributed by atoms with Crippen LogP contribution in [-0.4, -0.2) is 26.9 Å². The maximum atomic E-state index is 5.77. The summed E-state index contributed by atoms with van der Waals surface area (Å²) in [4.78, 5) is 4.36. The molecule has 0 fully saturated rings. The van der Waals surface area contributed by atoms with Crippen LogP contribution in [0.5, 0.6) is 5.75 Å². The van der Waals surface area contributed by atoms with Crippen molar-refractivity contribution in [2.24, 2.45) is 0 Å². The second kappa shape index (κ2) is 6.01. The number of hydrogen-bond acceptors (Lipinski definition) is 5. The third-order valence-corrected chi connectivity index (χ3v) is 3.37. The number of hydrogen-bond donors (Lipinski definition) is 0. The number of imidazole rings is 1. The predicted molar refractivity (Wildman–Crippen MR) is 81.7 cm³/mol. The van der Waals surface area contributed by atoms with Crippen molar-refractivity contribution in [2.75, 3.05) is 7.11 Å². The lowest BCUT2D eigenvalue weighted by Gasteiger charge is -2.07. The molecular weight excluding hydrogens is 280 g/mol. The van der Waals surface area contributed by atoms with E-state index < -0.39 is 0 Å². The fourth-order valence-electron chi connectivity index (χ4n) is 2.35. The minimum atomic E-state index is 0.339. The van der Waals surface area contributed by atoms with Crippen LogP contribution in [0.15, 0.2) is 41.1 Å². The Balaban J connectivity index is 1.86. The molecule has 22 heavy (non-hydrogen) atoms. The summed E-state index contributed by atoms with van der Waals surface area (Å²) in [6.45, 7) is 4.72. The van der Waals surface area contributed by atoms with E-state index in [-0.39, 0.29) is 0 Å². The Hall–Kier alpha value is -2.63. The van der Waals surface area contributed by atoms with E-state index in [1.165, 1.54) is 0 Å². The molecule has 0 aliphatic carbocycles. The first-order valence-electron chi connectivity index (χ1n) is 7.16. The van der Waals surface area contributed by atoms with Crippen LogP contribution in [0.1, 0.15) is 31.5 Å². The normalized spacial score (nSPS) is 11.1. The zero-order valence-electron chi connectivity index (χ0n) is 12.9. The Morgan fingerprint density at radius 2 is 2.05 bits per heavy atom. The highest BCUT2D eigenvalue weighted by Crippen LogP contribution is 2.28. The monoisotopic (exact) mass is 298 g/mol. The van der Waals surface area contributed by atoms with Gasteiger partial charge in [0.1, 0.15) is 18.1 Å². The molecule has 0 aliphatic heterocycles. The average Bonchev–Trinajstić information content (AvgIpc) is 3.17. The summed E-state index contributed by atoms with van der Waals surface area (Å²) in [6, 6.07) is 7.58. The first-order valence-corrected chi connectivity index (χ1v) is 7.16. The molecule has 6 nitrogen and oxygen atoms in total. The van der Waals surface area contributed by atoms with E-state index in [1.54, 1.807) is 13.3 Å². The molecule has 3 rings (SSSR count). The SMILES string of the molecule is COc1ccccc1-c1nnc(Cn2ccnc2C(C)C)o1. The minimum Gasteiger partial charge on any atom is -0.496 e. The predicted octanol–water partition coefficient (Wildman–Crippen LogP) is 3.11. The van der Waals surface area contributed by atoms with Gasteiger partial charge in [0.2, 0.25) is 5.89 Å². The van der Waals surface area contributed by atoms with Crippen molar-refractivity contribution in [3.05, 3.63) is 48.4 Å². The first-order chi connectivity index (χ1) is 10.7. The van der Waals surface area contributed by atoms with E-state index >= 15 is 0 Å². The standard InChI is InChI=1S/C16H18N4O2/c1-11(2)15-17-8-9-20(15)10-14-18-19-16(22-14)12-6-4-5-7-13(12)21-3/h4-9,11H,10H2,1-3H3. The average molecular weight is 298 g/mol. The molecule has 0 spiro atoms. The summed E-state index contributed by atoms with van der Waals surface area (Å²) >= 11 is 0. The van der Waals surface area contributed by atoms with Crippen LogP contribution in [0, 0.1) is 0 Å². The van der Waals surface area contributed by atoms with Gasteiger partial charge in [-0.1, -0.05) is 26.0 Å². The van der Waals surface area contributed by atoms with Gasteiger partial charge in [0.25, 0.3) is 5.89 Å². The molecule has 0 atom stereocenters. The van der Waals surface area contributed by atoms with Crippen molar-refractivity contribution in [1.82, 2.24) is 19.7 Å². The Kier molecular flexibility index (Phi) is 3.91. The van der Waals surface area contributed by atoms with Gasteiger partial charge >= 0.3 is 0 Å². The molecular formula is C16H18N4O2. The molecule has 114 valence electrons. The Labute approximate surface area is 128 Å². The van der Waals surface area contributed by atoms with Crippen molar-refractivity contribution in [2.45, 2.75) is 26.3 Å². The van der Waals surface area contributed by atoms with Gasteiger partial charge in [0.15, 0.2) is 0 Å². The van der Waals surface area contributed by atoms with Gasteiger partial charge in [-0.3, -0.25) is 0 Å². The third-order valence-electron chi connectivity index (χ3n) is 3.37. The number of benzene rings is 1. The quantitative estimate of drug-likeness (QED) is 0.724. The summed E-state index contributed by atoms with van der Waals surface area (Å²) in [5.74, 6) is 3.05. The van der Waals surface area contributed by atoms with E-state index in [2.05, 4.69) is 29.0 Å². The van der Waals surface area contributed by atoms with Crippen LogP contribution in [0.2, 0.25) is 0 Å². The molecule has 3 aromatic rings. The zero-order chi connectivity index (χ0) is 15.5. The van der Waals surface area contributed by atoms with Gasteiger partial charge in [-0.25, -0.2) is 4.98 Å². The molecule has 0 amide bonds. The second-order valence-corrected chi connectivity index (χ2v) is 5.27. The Morgan fingerprint density at radius 3 is 2.82 bits per heavy atom. The van der Waals surface area contributed by atoms with E-state index in [9.17, 15) is 0 Å². The van der Waals surface area contributed by atoms with E-state index in [0.29, 0.717) is 30.0 Å². The summed E-state index contributed by atoms with van der Waals surface area (Å²) in [6.07, 6.45) is 3.70. The van der Waals surface area contributed by atoms with Crippen LogP contribution in [-0.2, 0) is 6.54 Å². The highest BCUT2D eigenvalue weighted by atomic mass is 16.5. The first kappa shape index (κ1) is 14.3. The fourth-order valence-corrected chi connectivity index (χ4v) is 2.35. The lowest BCUT2D eigenvalue weighted by molar-refractivity contribution is 0.413. The molecule has 0 saturated heterocycles. The van der Waals surface area contributed by atoms with E-state index in [4.69, 9.17) is 9.15 Å². The zero-order valence-corrected chi connectivity index (χ0v) is 12.9. The molecule has 0 aliphatic rings. The molecule has 0 unspecified atom stereocenters. The van der Waals surface area contributed by atoms with Gasteiger partial charge in [0, 0.05) is 18.3 Å². The summed E-state index contributed by atoms with van der Waals surface area (Å²) in [5.41, 5.74) is 0.790. The largest absolute Gasteiger partial charge is 0.496 e. The maximum absolute atomic E-state index is 5.77. The number of methoxy groups -OCH3 is 1. The number of para-hydroxylation sites is 1. The van der Waals surface area contributed by atoms with Gasteiger partial charge in [-0.2, -0.15) is 0 Å². The van der Waals surface area contributed by atoms with Crippen molar-refractivity contribution in [3.8, 4) is 17.2 Å². The maximum Gasteiger partial charge on any atom is 0.251 e. The summed E-state index contributed by atoms with van der Waals surface area (Å²) < 4.78 is 13.1. The molecule has 2 aromatic heterocycles. The van der Waals surface area contributed by atoms with Gasteiger partial charge in [-0.05, 0) is 12.1 Å². The highest BCUT2D eigenvalue weighted by Gasteiger charge is 2.15. The lowest BCUT2D eigenvalue weighted by atomic mass is 10.2. The number of ether oxygens (including phenoxy) is 1. The van der Waals surface area contributed by atoms with Gasteiger partial charge < -0.3 is 13.7 Å². The molecule has 2 heterocycles. The topological polar surface area (TPSA) is 66.0 Å². The smallest absolute Gasteiger partial charge is 0.251 e. The molecule has 0 saturated carbocycles. The van der Waals surface area contributed by atoms with Crippen molar-refractivity contribution in [1.29, 1.82) is 0 Å². The Bertz CT molecular complexity index is 761. The number of rotatable bonds is 5. The van der Waals surface area contributed by atoms with Crippen LogP contribution in [0.25, 0.3) is 11.5 Å². The van der Waals surface area contributed by atoms with Crippen LogP contribution >= 0.6 is 0 Å². The van der Waals surface area contributed by atoms with Crippen molar-refractivity contribution < 1.29 is 9.15 Å². The number of aromatic nitrogens is 4. The second-order valence-electron chi connectivity index (χ2n) is 5.27. The van der Waals surface area contributed by atoms with Crippen LogP contribution in [0.4, 0.5) is 0 Å². The third kappa shape index (κ3) is 2.72. The van der Waals surface area contributed by atoms with E-state index in [1.807, 2.05) is 35.0 Å². The highest BCUT2D eigenvalue weighted by molar-refractivity contribution is 5.62. The summed E-state index contributed by atoms with van der Waals surface area (Å²) in [5, 5.41) is 8.24. The molecule has 0 bridgehead atoms. The van der Waals surface area contributed by atoms with E-state index in [0.717, 1.165) is 11.4 Å². The molecule has 0 N–H and O–H groups in total. The van der Waals surface area contributed by atoms with Crippen molar-refractivity contribution >= 4 is 0 Å². The molecule has 1 aromatic carbocycles. The minimum absolute atomic E-state index is 0.339. The van der Waals surface area contributed by atoms with Gasteiger partial charge in [-0.15, -0.1) is 10.2 Å². The van der Waals surface area contributed by atoms with Crippen LogP contribution < -0.4 is 4.74 Å². The van der Waals surface area contributed by atoms with Gasteiger partial charge in [0.05, 0.1) is 12.7 Å². The summed E-state index contributed by atoms with van der Waals surface area (Å²) in [7, 11) is 1.62.